The highest BCUT2D eigenvalue weighted by Gasteiger charge is 2.36. The predicted molar refractivity (Wildman–Crippen MR) is 82.5 cm³/mol. The Bertz CT molecular complexity index is 585. The highest BCUT2D eigenvalue weighted by molar-refractivity contribution is 7.09. The number of aliphatic carboxylic acids is 1. The fourth-order valence-corrected chi connectivity index (χ4v) is 3.08. The molecule has 1 atom stereocenters. The summed E-state index contributed by atoms with van der Waals surface area (Å²) >= 11 is 7.80. The van der Waals surface area contributed by atoms with Gasteiger partial charge in [-0.1, -0.05) is 35.9 Å². The highest BCUT2D eigenvalue weighted by Crippen LogP contribution is 2.28. The molecule has 0 radical (unpaired) electrons. The van der Waals surface area contributed by atoms with Crippen LogP contribution >= 0.6 is 22.9 Å². The highest BCUT2D eigenvalue weighted by atomic mass is 35.5. The molecular formula is C15H16ClNO2S. The van der Waals surface area contributed by atoms with Crippen molar-refractivity contribution in [1.29, 1.82) is 0 Å². The summed E-state index contributed by atoms with van der Waals surface area (Å²) in [6.07, 6.45) is 0.797. The van der Waals surface area contributed by atoms with E-state index in [4.69, 9.17) is 11.6 Å². The minimum atomic E-state index is -1.18. The number of carboxylic acid groups (broad SMARTS) is 1. The Morgan fingerprint density at radius 3 is 2.70 bits per heavy atom. The van der Waals surface area contributed by atoms with E-state index in [9.17, 15) is 9.90 Å². The summed E-state index contributed by atoms with van der Waals surface area (Å²) in [7, 11) is 0. The van der Waals surface area contributed by atoms with E-state index in [0.29, 0.717) is 17.1 Å². The molecule has 0 amide bonds. The van der Waals surface area contributed by atoms with Crippen molar-refractivity contribution < 1.29 is 9.90 Å². The molecule has 1 heterocycles. The maximum Gasteiger partial charge on any atom is 0.328 e. The number of benzene rings is 1. The number of carboxylic acids is 1. The summed E-state index contributed by atoms with van der Waals surface area (Å²) in [4.78, 5) is 12.9. The summed E-state index contributed by atoms with van der Waals surface area (Å²) in [5.41, 5.74) is -0.601. The Hall–Kier alpha value is -1.36. The summed E-state index contributed by atoms with van der Waals surface area (Å²) in [6, 6.07) is 11.1. The summed E-state index contributed by atoms with van der Waals surface area (Å²) in [5, 5.41) is 15.1. The molecule has 0 aliphatic carbocycles. The number of halogens is 1. The van der Waals surface area contributed by atoms with Crippen LogP contribution in [0.2, 0.25) is 5.02 Å². The third kappa shape index (κ3) is 3.20. The fourth-order valence-electron chi connectivity index (χ4n) is 2.04. The van der Waals surface area contributed by atoms with Gasteiger partial charge in [-0.15, -0.1) is 11.3 Å². The predicted octanol–water partition coefficient (Wildman–Crippen LogP) is 3.53. The summed E-state index contributed by atoms with van der Waals surface area (Å²) in [5.74, 6) is -0.934. The zero-order chi connectivity index (χ0) is 14.6. The van der Waals surface area contributed by atoms with Crippen molar-refractivity contribution in [2.24, 2.45) is 0 Å². The maximum absolute atomic E-state index is 11.6. The van der Waals surface area contributed by atoms with Gasteiger partial charge in [0.15, 0.2) is 0 Å². The van der Waals surface area contributed by atoms with Gasteiger partial charge in [-0.25, -0.2) is 4.79 Å². The largest absolute Gasteiger partial charge is 0.480 e. The Labute approximate surface area is 127 Å². The van der Waals surface area contributed by atoms with E-state index in [0.717, 1.165) is 6.42 Å². The van der Waals surface area contributed by atoms with Crippen molar-refractivity contribution in [3.05, 3.63) is 57.2 Å². The van der Waals surface area contributed by atoms with Crippen LogP contribution in [0.3, 0.4) is 0 Å². The van der Waals surface area contributed by atoms with Gasteiger partial charge in [0.05, 0.1) is 0 Å². The first-order valence-electron chi connectivity index (χ1n) is 6.30. The van der Waals surface area contributed by atoms with E-state index in [1.165, 1.54) is 4.88 Å². The molecule has 0 fully saturated rings. The van der Waals surface area contributed by atoms with E-state index in [-0.39, 0.29) is 0 Å². The molecule has 0 saturated carbocycles. The third-order valence-electron chi connectivity index (χ3n) is 3.27. The number of hydrogen-bond donors (Lipinski definition) is 2. The molecule has 5 heteroatoms. The van der Waals surface area contributed by atoms with Gasteiger partial charge >= 0.3 is 5.97 Å². The number of carbonyl (C=O) groups is 1. The molecule has 2 rings (SSSR count). The van der Waals surface area contributed by atoms with Crippen LogP contribution in [0.25, 0.3) is 0 Å². The lowest BCUT2D eigenvalue weighted by atomic mass is 9.92. The van der Waals surface area contributed by atoms with Crippen molar-refractivity contribution in [3.8, 4) is 0 Å². The van der Waals surface area contributed by atoms with Crippen molar-refractivity contribution >= 4 is 28.9 Å². The standard InChI is InChI=1S/C15H16ClNO2S/c1-15(14(18)19,12-6-2-3-7-13(12)16)17-9-8-11-5-4-10-20-11/h2-7,10,17H,8-9H2,1H3,(H,18,19)/t15-/m0/s1. The van der Waals surface area contributed by atoms with E-state index in [1.54, 1.807) is 42.5 Å². The van der Waals surface area contributed by atoms with E-state index in [1.807, 2.05) is 17.5 Å². The van der Waals surface area contributed by atoms with Crippen LogP contribution in [-0.4, -0.2) is 17.6 Å². The van der Waals surface area contributed by atoms with Crippen LogP contribution < -0.4 is 5.32 Å². The van der Waals surface area contributed by atoms with Gasteiger partial charge in [0.25, 0.3) is 0 Å². The molecule has 2 aromatic rings. The van der Waals surface area contributed by atoms with Crippen molar-refractivity contribution in [3.63, 3.8) is 0 Å². The number of nitrogens with one attached hydrogen (secondary N) is 1. The van der Waals surface area contributed by atoms with Crippen LogP contribution in [0, 0.1) is 0 Å². The number of thiophene rings is 1. The Kier molecular flexibility index (Phi) is 4.81. The number of rotatable bonds is 6. The van der Waals surface area contributed by atoms with E-state index < -0.39 is 11.5 Å². The zero-order valence-corrected chi connectivity index (χ0v) is 12.7. The molecule has 0 spiro atoms. The smallest absolute Gasteiger partial charge is 0.328 e. The first-order chi connectivity index (χ1) is 9.54. The lowest BCUT2D eigenvalue weighted by Crippen LogP contribution is -2.47. The lowest BCUT2D eigenvalue weighted by Gasteiger charge is -2.27. The molecule has 0 aliphatic rings. The van der Waals surface area contributed by atoms with Crippen LogP contribution in [0.5, 0.6) is 0 Å². The van der Waals surface area contributed by atoms with Gasteiger partial charge in [0.2, 0.25) is 0 Å². The second-order valence-electron chi connectivity index (χ2n) is 4.67. The van der Waals surface area contributed by atoms with Gasteiger partial charge in [0, 0.05) is 22.0 Å². The fraction of sp³-hybridized carbons (Fsp3) is 0.267. The van der Waals surface area contributed by atoms with Gasteiger partial charge in [-0.2, -0.15) is 0 Å². The third-order valence-corrected chi connectivity index (χ3v) is 4.54. The zero-order valence-electron chi connectivity index (χ0n) is 11.1. The molecular weight excluding hydrogens is 294 g/mol. The van der Waals surface area contributed by atoms with Crippen molar-refractivity contribution in [2.75, 3.05) is 6.54 Å². The summed E-state index contributed by atoms with van der Waals surface area (Å²) < 4.78 is 0. The van der Waals surface area contributed by atoms with Gasteiger partial charge in [-0.3, -0.25) is 5.32 Å². The Morgan fingerprint density at radius 1 is 1.35 bits per heavy atom. The second kappa shape index (κ2) is 6.39. The molecule has 20 heavy (non-hydrogen) atoms. The summed E-state index contributed by atoms with van der Waals surface area (Å²) in [6.45, 7) is 2.22. The molecule has 1 aromatic heterocycles. The molecule has 106 valence electrons. The van der Waals surface area contributed by atoms with Gasteiger partial charge in [-0.05, 0) is 30.9 Å². The molecule has 2 N–H and O–H groups in total. The van der Waals surface area contributed by atoms with Crippen LogP contribution in [-0.2, 0) is 16.8 Å². The first-order valence-corrected chi connectivity index (χ1v) is 7.55. The van der Waals surface area contributed by atoms with E-state index >= 15 is 0 Å². The van der Waals surface area contributed by atoms with Crippen LogP contribution in [0.15, 0.2) is 41.8 Å². The van der Waals surface area contributed by atoms with Crippen LogP contribution in [0.4, 0.5) is 0 Å². The van der Waals surface area contributed by atoms with Crippen LogP contribution in [0.1, 0.15) is 17.4 Å². The van der Waals surface area contributed by atoms with Crippen molar-refractivity contribution in [1.82, 2.24) is 5.32 Å². The SMILES string of the molecule is C[C@@](NCCc1cccs1)(C(=O)O)c1ccccc1Cl. The maximum atomic E-state index is 11.6. The molecule has 0 saturated heterocycles. The lowest BCUT2D eigenvalue weighted by molar-refractivity contribution is -0.144. The topological polar surface area (TPSA) is 49.3 Å². The first kappa shape index (κ1) is 15.0. The molecule has 0 unspecified atom stereocenters. The molecule has 1 aromatic carbocycles. The second-order valence-corrected chi connectivity index (χ2v) is 6.11. The molecule has 0 aliphatic heterocycles. The monoisotopic (exact) mass is 309 g/mol. The molecule has 3 nitrogen and oxygen atoms in total. The van der Waals surface area contributed by atoms with Gasteiger partial charge in [0.1, 0.15) is 5.54 Å². The average molecular weight is 310 g/mol. The quantitative estimate of drug-likeness (QED) is 0.858. The van der Waals surface area contributed by atoms with E-state index in [2.05, 4.69) is 5.32 Å². The Morgan fingerprint density at radius 2 is 2.10 bits per heavy atom. The minimum absolute atomic E-state index is 0.459. The number of hydrogen-bond acceptors (Lipinski definition) is 3. The molecule has 0 bridgehead atoms. The normalized spacial score (nSPS) is 13.9. The average Bonchev–Trinajstić information content (AvgIpc) is 2.92. The minimum Gasteiger partial charge on any atom is -0.480 e. The van der Waals surface area contributed by atoms with Crippen molar-refractivity contribution in [2.45, 2.75) is 18.9 Å². The van der Waals surface area contributed by atoms with Gasteiger partial charge < -0.3 is 5.11 Å². The Balaban J connectivity index is 2.14.